The highest BCUT2D eigenvalue weighted by Gasteiger charge is 2.39. The summed E-state index contributed by atoms with van der Waals surface area (Å²) >= 11 is 0. The normalized spacial score (nSPS) is 19.5. The number of fused-ring (bicyclic) bond motifs is 5. The molecule has 1 aliphatic heterocycles. The van der Waals surface area contributed by atoms with E-state index in [0.717, 1.165) is 36.4 Å². The Morgan fingerprint density at radius 3 is 2.11 bits per heavy atom. The van der Waals surface area contributed by atoms with Crippen molar-refractivity contribution in [3.63, 3.8) is 0 Å². The lowest BCUT2D eigenvalue weighted by Crippen LogP contribution is -2.57. The van der Waals surface area contributed by atoms with Crippen LogP contribution in [0, 0.1) is 0 Å². The first-order chi connectivity index (χ1) is 33.8. The molecule has 390 valence electrons. The van der Waals surface area contributed by atoms with E-state index in [1.807, 2.05) is 29.0 Å². The Morgan fingerprint density at radius 1 is 0.944 bits per heavy atom. The van der Waals surface area contributed by atoms with Crippen molar-refractivity contribution in [2.75, 3.05) is 39.9 Å². The fourth-order valence-corrected chi connectivity index (χ4v) is 8.20. The number of amides is 4. The first-order valence-electron chi connectivity index (χ1n) is 22.8. The molecule has 0 aromatic heterocycles. The number of aliphatic imine (C=N–C) groups is 1. The number of phenols is 1. The van der Waals surface area contributed by atoms with Crippen LogP contribution >= 0.6 is 0 Å². The number of benzene rings is 3. The van der Waals surface area contributed by atoms with E-state index in [-0.39, 0.29) is 76.7 Å². The van der Waals surface area contributed by atoms with Crippen LogP contribution in [0.25, 0.3) is 11.1 Å². The molecule has 24 heteroatoms. The van der Waals surface area contributed by atoms with Gasteiger partial charge in [-0.25, -0.2) is 9.93 Å². The van der Waals surface area contributed by atoms with Gasteiger partial charge in [0.25, 0.3) is 16.1 Å². The van der Waals surface area contributed by atoms with Crippen molar-refractivity contribution in [2.45, 2.75) is 88.7 Å². The number of nitrogens with two attached hydrogens (primary N) is 4. The van der Waals surface area contributed by atoms with E-state index in [1.54, 1.807) is 6.92 Å². The fraction of sp³-hybridized carbons (Fsp3) is 0.417. The Kier molecular flexibility index (Phi) is 18.3. The number of aromatic hydroxyl groups is 1. The van der Waals surface area contributed by atoms with Crippen molar-refractivity contribution >= 4 is 45.5 Å². The minimum atomic E-state index is -4.55. The molecule has 0 saturated heterocycles. The Labute approximate surface area is 416 Å². The molecule has 3 aromatic carbocycles. The quantitative estimate of drug-likeness (QED) is 0.0373. The Hall–Kier alpha value is -6.93. The molecule has 72 heavy (non-hydrogen) atoms. The summed E-state index contributed by atoms with van der Waals surface area (Å²) in [7, 11) is -3.43. The van der Waals surface area contributed by atoms with Crippen LogP contribution in [0.3, 0.4) is 0 Å². The number of carboxylic acid groups (broad SMARTS) is 1. The highest BCUT2D eigenvalue weighted by molar-refractivity contribution is 7.87. The third-order valence-corrected chi connectivity index (χ3v) is 12.8. The summed E-state index contributed by atoms with van der Waals surface area (Å²) in [5, 5.41) is 55.4. The van der Waals surface area contributed by atoms with Gasteiger partial charge in [0.05, 0.1) is 11.3 Å². The van der Waals surface area contributed by atoms with E-state index >= 15 is 0 Å². The van der Waals surface area contributed by atoms with E-state index in [4.69, 9.17) is 31.8 Å². The average Bonchev–Trinajstić information content (AvgIpc) is 4.08. The number of ether oxygens (including phenoxy) is 2. The van der Waals surface area contributed by atoms with Crippen molar-refractivity contribution < 1.29 is 62.3 Å². The van der Waals surface area contributed by atoms with E-state index in [0.29, 0.717) is 11.3 Å². The Balaban J connectivity index is 1.67. The number of phenolic OH excluding ortho intramolecular Hbond substituents is 1. The zero-order chi connectivity index (χ0) is 53.4. The number of carbonyl (C=O) groups excluding carboxylic acids is 4. The van der Waals surface area contributed by atoms with Crippen molar-refractivity contribution in [2.24, 2.45) is 27.3 Å². The molecule has 23 nitrogen and oxygen atoms in total. The van der Waals surface area contributed by atoms with Crippen molar-refractivity contribution in [1.82, 2.24) is 25.6 Å². The van der Waals surface area contributed by atoms with Crippen LogP contribution < -0.4 is 52.5 Å². The van der Waals surface area contributed by atoms with Gasteiger partial charge in [-0.3, -0.25) is 24.2 Å². The molecule has 0 radical (unpaired) electrons. The second-order valence-electron chi connectivity index (χ2n) is 18.1. The van der Waals surface area contributed by atoms with Crippen molar-refractivity contribution in [1.29, 1.82) is 0 Å². The van der Waals surface area contributed by atoms with Crippen LogP contribution in [0.2, 0.25) is 0 Å². The monoisotopic (exact) mass is 1020 g/mol. The van der Waals surface area contributed by atoms with Gasteiger partial charge >= 0.3 is 5.97 Å². The number of aliphatic carboxylic acids is 1. The second kappa shape index (κ2) is 23.5. The van der Waals surface area contributed by atoms with E-state index < -0.39 is 95.1 Å². The van der Waals surface area contributed by atoms with Crippen LogP contribution in [-0.2, 0) is 46.0 Å². The number of aliphatic hydroxyl groups excluding tert-OH is 2. The summed E-state index contributed by atoms with van der Waals surface area (Å²) in [4.78, 5) is 75.4. The number of carbonyl (C=O) groups is 5. The molecule has 1 heterocycles. The number of hydrogen-bond acceptors (Lipinski definition) is 16. The summed E-state index contributed by atoms with van der Waals surface area (Å²) in [6.07, 6.45) is -0.559. The van der Waals surface area contributed by atoms with Crippen LogP contribution in [0.15, 0.2) is 83.1 Å². The summed E-state index contributed by atoms with van der Waals surface area (Å²) in [6.45, 7) is 8.18. The number of nitrogens with zero attached hydrogens (tertiary/aromatic N) is 2. The third-order valence-electron chi connectivity index (χ3n) is 12.3. The highest BCUT2D eigenvalue weighted by atomic mass is 32.2. The number of hydrogen-bond donors (Lipinski definition) is 12. The molecule has 4 amide bonds. The first-order valence-corrected chi connectivity index (χ1v) is 24.3. The third kappa shape index (κ3) is 14.1. The second-order valence-corrected chi connectivity index (χ2v) is 19.5. The molecule has 4 bridgehead atoms. The Bertz CT molecular complexity index is 2750. The average molecular weight is 1020 g/mol. The maximum absolute atomic E-state index is 14.9. The summed E-state index contributed by atoms with van der Waals surface area (Å²) < 4.78 is 38.4. The molecule has 0 spiro atoms. The molecule has 1 fully saturated rings. The highest BCUT2D eigenvalue weighted by Crippen LogP contribution is 2.48. The fourth-order valence-electron chi connectivity index (χ4n) is 7.80. The molecule has 1 aliphatic carbocycles. The predicted octanol–water partition coefficient (Wildman–Crippen LogP) is -0.829. The van der Waals surface area contributed by atoms with Crippen LogP contribution in [-0.4, -0.2) is 139 Å². The summed E-state index contributed by atoms with van der Waals surface area (Å²) in [6, 6.07) is 7.83. The maximum atomic E-state index is 14.9. The zero-order valence-electron chi connectivity index (χ0n) is 40.6. The maximum Gasteiger partial charge on any atom is 0.326 e. The largest absolute Gasteiger partial charge is 0.504 e. The predicted molar refractivity (Wildman–Crippen MR) is 265 cm³/mol. The molecule has 16 N–H and O–H groups in total. The number of allylic oxidation sites excluding steroid dienone is 1. The SMILES string of the molecule is C=C(N)/C(C(=O)N[C@@H](CNS(N)(=O)=O)C(=O)N(C)[C@@H]1C(=O)N[C@@H](C)C(=O)NC(C(=O)O)Cc2ccc(OC[C@H](O)CN)c(c2)-c2cc1cc(OC[C@H](O)CN)c2O)=C(/C)N=C(C)c1ccc(C2(C)CC2)cc1. The van der Waals surface area contributed by atoms with Gasteiger partial charge in [0, 0.05) is 55.6 Å². The number of carboxylic acids is 1. The van der Waals surface area contributed by atoms with Gasteiger partial charge in [-0.05, 0) is 85.5 Å². The Morgan fingerprint density at radius 2 is 1.56 bits per heavy atom. The summed E-state index contributed by atoms with van der Waals surface area (Å²) in [5.41, 5.74) is 19.6. The molecule has 3 aromatic rings. The first kappa shape index (κ1) is 56.0. The van der Waals surface area contributed by atoms with Crippen molar-refractivity contribution in [3.8, 4) is 28.4 Å². The van der Waals surface area contributed by atoms with Gasteiger partial charge in [-0.1, -0.05) is 43.8 Å². The molecule has 5 rings (SSSR count). The molecule has 2 aliphatic rings. The van der Waals surface area contributed by atoms with Crippen molar-refractivity contribution in [3.05, 3.63) is 100 Å². The minimum absolute atomic E-state index is 0.00612. The van der Waals surface area contributed by atoms with E-state index in [2.05, 4.69) is 34.4 Å². The zero-order valence-corrected chi connectivity index (χ0v) is 41.4. The number of rotatable bonds is 20. The van der Waals surface area contributed by atoms with Gasteiger partial charge in [0.1, 0.15) is 55.3 Å². The number of nitrogens with one attached hydrogen (secondary N) is 4. The van der Waals surface area contributed by atoms with Gasteiger partial charge in [0.15, 0.2) is 11.5 Å². The van der Waals surface area contributed by atoms with E-state index in [9.17, 15) is 52.8 Å². The molecule has 1 unspecified atom stereocenters. The minimum Gasteiger partial charge on any atom is -0.504 e. The lowest BCUT2D eigenvalue weighted by molar-refractivity contribution is -0.143. The van der Waals surface area contributed by atoms with Crippen LogP contribution in [0.5, 0.6) is 17.2 Å². The standard InChI is InChI=1S/C48H64N10O13S/c1-24(51)40(26(3)54-25(2)29-8-10-31(11-9-29)48(5)13-14-48)44(63)57-37(21-53-72(52,68)69)46(65)58(6)41-30-17-35(42(61)39(18-30)71-23-33(60)20-50)34-15-28(7-12-38(34)70-22-32(59)19-49)16-36(47(66)67)56-43(62)27(4)55-45(41)64/h7-12,15,17-18,27,32-33,36-37,41,53,59-61H,1,13-14,16,19-23,49-51H2,2-6H3,(H,55,64)(H,56,62)(H,57,63)(H,66,67)(H2,52,68,69)/b40-26+,54-25?/t27-,32+,33+,36?,37-,41-/m0/s1. The van der Waals surface area contributed by atoms with Crippen LogP contribution in [0.1, 0.15) is 68.8 Å². The van der Waals surface area contributed by atoms with E-state index in [1.165, 1.54) is 43.7 Å². The molecule has 1 saturated carbocycles. The van der Waals surface area contributed by atoms with Gasteiger partial charge in [-0.2, -0.15) is 13.1 Å². The lowest BCUT2D eigenvalue weighted by Gasteiger charge is -2.33. The van der Waals surface area contributed by atoms with Gasteiger partial charge in [-0.15, -0.1) is 0 Å². The van der Waals surface area contributed by atoms with Gasteiger partial charge in [0.2, 0.25) is 17.7 Å². The lowest BCUT2D eigenvalue weighted by atomic mass is 9.93. The smallest absolute Gasteiger partial charge is 0.326 e. The molecular weight excluding hydrogens is 957 g/mol. The number of aliphatic hydroxyl groups is 2. The van der Waals surface area contributed by atoms with Gasteiger partial charge < -0.3 is 68.0 Å². The topological polar surface area (TPSA) is 387 Å². The van der Waals surface area contributed by atoms with Crippen LogP contribution in [0.4, 0.5) is 0 Å². The number of likely N-dealkylation sites (N-methyl/N-ethyl adjacent to an activating group) is 1. The molecular formula is C48H64N10O13S. The molecule has 6 atom stereocenters. The summed E-state index contributed by atoms with van der Waals surface area (Å²) in [5.74, 6) is -6.59.